The van der Waals surface area contributed by atoms with Gasteiger partial charge in [-0.3, -0.25) is 4.98 Å². The Balaban J connectivity index is 1.93. The van der Waals surface area contributed by atoms with Crippen molar-refractivity contribution in [2.75, 3.05) is 6.61 Å². The Bertz CT molecular complexity index is 902. The lowest BCUT2D eigenvalue weighted by molar-refractivity contribution is -0.147. The summed E-state index contributed by atoms with van der Waals surface area (Å²) >= 11 is 0. The van der Waals surface area contributed by atoms with Crippen molar-refractivity contribution < 1.29 is 31.1 Å². The number of ether oxygens (including phenoxy) is 1. The maximum absolute atomic E-state index is 13.2. The number of nitrogens with zero attached hydrogens (tertiary/aromatic N) is 3. The van der Waals surface area contributed by atoms with Gasteiger partial charge in [-0.05, 0) is 30.3 Å². The van der Waals surface area contributed by atoms with Crippen LogP contribution in [0.5, 0.6) is 5.75 Å². The molecule has 0 bridgehead atoms. The molecule has 138 valence electrons. The molecular weight excluding hydrogens is 364 g/mol. The lowest BCUT2D eigenvalue weighted by atomic mass is 10.2. The van der Waals surface area contributed by atoms with E-state index < -0.39 is 23.7 Å². The summed E-state index contributed by atoms with van der Waals surface area (Å²) in [4.78, 5) is 7.14. The summed E-state index contributed by atoms with van der Waals surface area (Å²) < 4.78 is 84.1. The van der Waals surface area contributed by atoms with Gasteiger partial charge in [-0.2, -0.15) is 26.3 Å². The third-order valence-corrected chi connectivity index (χ3v) is 3.56. The van der Waals surface area contributed by atoms with E-state index in [9.17, 15) is 26.3 Å². The highest BCUT2D eigenvalue weighted by molar-refractivity contribution is 5.77. The topological polar surface area (TPSA) is 39.9 Å². The SMILES string of the molecule is FC(F)(F)c1ccc2c(c1)nc(C(F)(F)F)n2CCOc1ccncc1. The molecule has 0 unspecified atom stereocenters. The summed E-state index contributed by atoms with van der Waals surface area (Å²) in [6, 6.07) is 5.38. The summed E-state index contributed by atoms with van der Waals surface area (Å²) in [5, 5.41) is 0. The van der Waals surface area contributed by atoms with Crippen LogP contribution < -0.4 is 4.74 Å². The molecule has 10 heteroatoms. The van der Waals surface area contributed by atoms with Gasteiger partial charge in [0.1, 0.15) is 12.4 Å². The molecule has 0 saturated heterocycles. The second kappa shape index (κ2) is 6.50. The van der Waals surface area contributed by atoms with Crippen LogP contribution in [0.1, 0.15) is 11.4 Å². The third-order valence-electron chi connectivity index (χ3n) is 3.56. The molecule has 1 aromatic carbocycles. The number of halogens is 6. The maximum Gasteiger partial charge on any atom is 0.449 e. The van der Waals surface area contributed by atoms with E-state index >= 15 is 0 Å². The van der Waals surface area contributed by atoms with Crippen molar-refractivity contribution in [3.63, 3.8) is 0 Å². The second-order valence-corrected chi connectivity index (χ2v) is 5.32. The molecule has 0 atom stereocenters. The predicted molar refractivity (Wildman–Crippen MR) is 79.5 cm³/mol. The first-order valence-corrected chi connectivity index (χ1v) is 7.34. The van der Waals surface area contributed by atoms with Gasteiger partial charge in [0, 0.05) is 12.4 Å². The molecule has 3 aromatic rings. The summed E-state index contributed by atoms with van der Waals surface area (Å²) in [6.45, 7) is -0.362. The molecule has 0 radical (unpaired) electrons. The number of hydrogen-bond donors (Lipinski definition) is 0. The average molecular weight is 375 g/mol. The number of pyridine rings is 1. The molecule has 0 aliphatic rings. The highest BCUT2D eigenvalue weighted by Crippen LogP contribution is 2.35. The largest absolute Gasteiger partial charge is 0.492 e. The van der Waals surface area contributed by atoms with Crippen LogP contribution in [0.2, 0.25) is 0 Å². The average Bonchev–Trinajstić information content (AvgIpc) is 2.93. The van der Waals surface area contributed by atoms with Crippen LogP contribution in [0.15, 0.2) is 42.7 Å². The Morgan fingerprint density at radius 2 is 1.62 bits per heavy atom. The zero-order valence-corrected chi connectivity index (χ0v) is 13.0. The van der Waals surface area contributed by atoms with Crippen LogP contribution >= 0.6 is 0 Å². The van der Waals surface area contributed by atoms with Gasteiger partial charge in [-0.25, -0.2) is 4.98 Å². The highest BCUT2D eigenvalue weighted by Gasteiger charge is 2.38. The first kappa shape index (κ1) is 18.0. The normalized spacial score (nSPS) is 12.5. The molecule has 4 nitrogen and oxygen atoms in total. The molecule has 0 aliphatic carbocycles. The minimum atomic E-state index is -4.81. The molecule has 0 saturated carbocycles. The maximum atomic E-state index is 13.2. The quantitative estimate of drug-likeness (QED) is 0.629. The van der Waals surface area contributed by atoms with Crippen LogP contribution in [0.4, 0.5) is 26.3 Å². The Morgan fingerprint density at radius 3 is 2.23 bits per heavy atom. The Kier molecular flexibility index (Phi) is 4.51. The number of hydrogen-bond acceptors (Lipinski definition) is 3. The number of alkyl halides is 6. The fourth-order valence-electron chi connectivity index (χ4n) is 2.44. The van der Waals surface area contributed by atoms with Gasteiger partial charge in [0.2, 0.25) is 5.82 Å². The smallest absolute Gasteiger partial charge is 0.449 e. The third kappa shape index (κ3) is 3.73. The first-order chi connectivity index (χ1) is 12.2. The zero-order valence-electron chi connectivity index (χ0n) is 13.0. The highest BCUT2D eigenvalue weighted by atomic mass is 19.4. The fourth-order valence-corrected chi connectivity index (χ4v) is 2.44. The first-order valence-electron chi connectivity index (χ1n) is 7.34. The van der Waals surface area contributed by atoms with Crippen molar-refractivity contribution in [3.05, 3.63) is 54.1 Å². The molecule has 3 rings (SSSR count). The summed E-state index contributed by atoms with van der Waals surface area (Å²) in [5.41, 5.74) is -1.49. The number of benzene rings is 1. The molecule has 0 fully saturated rings. The molecule has 2 heterocycles. The summed E-state index contributed by atoms with van der Waals surface area (Å²) in [6.07, 6.45) is -6.56. The standard InChI is InChI=1S/C16H11F6N3O/c17-15(18,19)10-1-2-13-12(9-10)24-14(16(20,21)22)25(13)7-8-26-11-3-5-23-6-4-11/h1-6,9H,7-8H2. The monoisotopic (exact) mass is 375 g/mol. The lowest BCUT2D eigenvalue weighted by Gasteiger charge is -2.12. The lowest BCUT2D eigenvalue weighted by Crippen LogP contribution is -2.18. The Morgan fingerprint density at radius 1 is 0.923 bits per heavy atom. The van der Waals surface area contributed by atoms with E-state index in [0.717, 1.165) is 16.7 Å². The van der Waals surface area contributed by atoms with E-state index in [1.807, 2.05) is 0 Å². The van der Waals surface area contributed by atoms with Crippen LogP contribution in [0.25, 0.3) is 11.0 Å². The molecule has 0 amide bonds. The number of rotatable bonds is 4. The van der Waals surface area contributed by atoms with Crippen molar-refractivity contribution in [2.24, 2.45) is 0 Å². The molecule has 0 aliphatic heterocycles. The molecule has 0 N–H and O–H groups in total. The van der Waals surface area contributed by atoms with Gasteiger partial charge >= 0.3 is 12.4 Å². The molecule has 26 heavy (non-hydrogen) atoms. The van der Waals surface area contributed by atoms with E-state index in [1.54, 1.807) is 0 Å². The Labute approximate surface area is 143 Å². The fraction of sp³-hybridized carbons (Fsp3) is 0.250. The van der Waals surface area contributed by atoms with Gasteiger partial charge in [-0.1, -0.05) is 0 Å². The number of fused-ring (bicyclic) bond motifs is 1. The van der Waals surface area contributed by atoms with E-state index in [-0.39, 0.29) is 24.2 Å². The van der Waals surface area contributed by atoms with Crippen LogP contribution in [0, 0.1) is 0 Å². The minimum absolute atomic E-state index is 0.0522. The molecule has 0 spiro atoms. The molecule has 2 aromatic heterocycles. The van der Waals surface area contributed by atoms with E-state index in [0.29, 0.717) is 11.8 Å². The number of aromatic nitrogens is 3. The van der Waals surface area contributed by atoms with Crippen LogP contribution in [-0.2, 0) is 18.9 Å². The van der Waals surface area contributed by atoms with Gasteiger partial charge in [0.15, 0.2) is 0 Å². The van der Waals surface area contributed by atoms with Crippen molar-refractivity contribution >= 4 is 11.0 Å². The van der Waals surface area contributed by atoms with Crippen molar-refractivity contribution in [1.29, 1.82) is 0 Å². The van der Waals surface area contributed by atoms with Gasteiger partial charge in [-0.15, -0.1) is 0 Å². The van der Waals surface area contributed by atoms with Crippen molar-refractivity contribution in [3.8, 4) is 5.75 Å². The van der Waals surface area contributed by atoms with E-state index in [1.165, 1.54) is 24.5 Å². The van der Waals surface area contributed by atoms with E-state index in [2.05, 4.69) is 9.97 Å². The van der Waals surface area contributed by atoms with E-state index in [4.69, 9.17) is 4.74 Å². The van der Waals surface area contributed by atoms with Crippen molar-refractivity contribution in [2.45, 2.75) is 18.9 Å². The van der Waals surface area contributed by atoms with Crippen molar-refractivity contribution in [1.82, 2.24) is 14.5 Å². The van der Waals surface area contributed by atoms with Crippen LogP contribution in [-0.4, -0.2) is 21.1 Å². The summed E-state index contributed by atoms with van der Waals surface area (Å²) in [5.74, 6) is -0.859. The Hall–Kier alpha value is -2.78. The minimum Gasteiger partial charge on any atom is -0.492 e. The van der Waals surface area contributed by atoms with Crippen LogP contribution in [0.3, 0.4) is 0 Å². The number of imidazole rings is 1. The van der Waals surface area contributed by atoms with Gasteiger partial charge in [0.05, 0.1) is 23.1 Å². The van der Waals surface area contributed by atoms with Gasteiger partial charge < -0.3 is 9.30 Å². The summed E-state index contributed by atoms with van der Waals surface area (Å²) in [7, 11) is 0. The van der Waals surface area contributed by atoms with Gasteiger partial charge in [0.25, 0.3) is 0 Å². The molecular formula is C16H11F6N3O. The second-order valence-electron chi connectivity index (χ2n) is 5.32. The zero-order chi connectivity index (χ0) is 18.9. The predicted octanol–water partition coefficient (Wildman–Crippen LogP) is 4.55.